The first-order valence-electron chi connectivity index (χ1n) is 7.01. The molecule has 1 heterocycles. The molecular weight excluding hydrogens is 246 g/mol. The summed E-state index contributed by atoms with van der Waals surface area (Å²) in [7, 11) is 4.17. The van der Waals surface area contributed by atoms with Crippen LogP contribution in [-0.4, -0.2) is 30.5 Å². The Labute approximate surface area is 121 Å². The Morgan fingerprint density at radius 2 is 2.00 bits per heavy atom. The highest BCUT2D eigenvalue weighted by molar-refractivity contribution is 5.29. The Morgan fingerprint density at radius 3 is 2.65 bits per heavy atom. The lowest BCUT2D eigenvalue weighted by Gasteiger charge is -2.25. The summed E-state index contributed by atoms with van der Waals surface area (Å²) in [5.41, 5.74) is 3.95. The Hall–Kier alpha value is -1.71. The van der Waals surface area contributed by atoms with Gasteiger partial charge in [-0.1, -0.05) is 30.3 Å². The standard InChI is InChI=1S/C17H23N3/c1-14-7-4-5-9-16(14)17(18-2)13-20(3)12-15-8-6-10-19-11-15/h4-11,17-18H,12-13H2,1-3H3. The zero-order chi connectivity index (χ0) is 14.4. The minimum atomic E-state index is 0.345. The number of likely N-dealkylation sites (N-methyl/N-ethyl adjacent to an activating group) is 2. The highest BCUT2D eigenvalue weighted by Crippen LogP contribution is 2.18. The molecule has 106 valence electrons. The van der Waals surface area contributed by atoms with E-state index in [4.69, 9.17) is 0 Å². The molecule has 3 heteroatoms. The molecule has 0 aliphatic rings. The summed E-state index contributed by atoms with van der Waals surface area (Å²) < 4.78 is 0. The van der Waals surface area contributed by atoms with E-state index in [1.165, 1.54) is 16.7 Å². The third kappa shape index (κ3) is 3.89. The van der Waals surface area contributed by atoms with Gasteiger partial charge in [0, 0.05) is 31.5 Å². The number of pyridine rings is 1. The van der Waals surface area contributed by atoms with Gasteiger partial charge in [-0.2, -0.15) is 0 Å². The van der Waals surface area contributed by atoms with Crippen LogP contribution in [0.5, 0.6) is 0 Å². The van der Waals surface area contributed by atoms with Crippen LogP contribution >= 0.6 is 0 Å². The summed E-state index contributed by atoms with van der Waals surface area (Å²) in [5.74, 6) is 0. The van der Waals surface area contributed by atoms with Gasteiger partial charge in [0.1, 0.15) is 0 Å². The van der Waals surface area contributed by atoms with E-state index in [1.807, 2.05) is 25.5 Å². The minimum Gasteiger partial charge on any atom is -0.312 e. The van der Waals surface area contributed by atoms with E-state index < -0.39 is 0 Å². The summed E-state index contributed by atoms with van der Waals surface area (Å²) in [4.78, 5) is 6.49. The average Bonchev–Trinajstić information content (AvgIpc) is 2.46. The summed E-state index contributed by atoms with van der Waals surface area (Å²) in [6.45, 7) is 4.05. The largest absolute Gasteiger partial charge is 0.312 e. The van der Waals surface area contributed by atoms with Crippen molar-refractivity contribution in [3.63, 3.8) is 0 Å². The summed E-state index contributed by atoms with van der Waals surface area (Å²) in [5, 5.41) is 3.42. The normalized spacial score (nSPS) is 12.6. The molecule has 0 aliphatic heterocycles. The second-order valence-corrected chi connectivity index (χ2v) is 5.26. The van der Waals surface area contributed by atoms with Crippen LogP contribution in [0.2, 0.25) is 0 Å². The molecular formula is C17H23N3. The third-order valence-corrected chi connectivity index (χ3v) is 3.58. The van der Waals surface area contributed by atoms with Crippen LogP contribution in [0.3, 0.4) is 0 Å². The number of hydrogen-bond donors (Lipinski definition) is 1. The van der Waals surface area contributed by atoms with Gasteiger partial charge in [-0.05, 0) is 43.8 Å². The van der Waals surface area contributed by atoms with E-state index in [-0.39, 0.29) is 0 Å². The average molecular weight is 269 g/mol. The highest BCUT2D eigenvalue weighted by atomic mass is 15.1. The molecule has 20 heavy (non-hydrogen) atoms. The number of hydrogen-bond acceptors (Lipinski definition) is 3. The van der Waals surface area contributed by atoms with Crippen LogP contribution in [0.15, 0.2) is 48.8 Å². The van der Waals surface area contributed by atoms with Crippen molar-refractivity contribution in [2.45, 2.75) is 19.5 Å². The Balaban J connectivity index is 2.01. The van der Waals surface area contributed by atoms with Gasteiger partial charge in [-0.3, -0.25) is 4.98 Å². The fourth-order valence-corrected chi connectivity index (χ4v) is 2.50. The molecule has 1 unspecified atom stereocenters. The molecule has 1 atom stereocenters. The lowest BCUT2D eigenvalue weighted by Crippen LogP contribution is -2.31. The second kappa shape index (κ2) is 7.17. The van der Waals surface area contributed by atoms with Crippen LogP contribution in [0.25, 0.3) is 0 Å². The monoisotopic (exact) mass is 269 g/mol. The number of nitrogens with one attached hydrogen (secondary N) is 1. The predicted molar refractivity (Wildman–Crippen MR) is 83.6 cm³/mol. The Bertz CT molecular complexity index is 525. The predicted octanol–water partition coefficient (Wildman–Crippen LogP) is 2.78. The van der Waals surface area contributed by atoms with Crippen LogP contribution < -0.4 is 5.32 Å². The molecule has 2 aromatic rings. The van der Waals surface area contributed by atoms with Gasteiger partial charge in [-0.15, -0.1) is 0 Å². The highest BCUT2D eigenvalue weighted by Gasteiger charge is 2.13. The summed E-state index contributed by atoms with van der Waals surface area (Å²) in [6.07, 6.45) is 3.74. The third-order valence-electron chi connectivity index (χ3n) is 3.58. The van der Waals surface area contributed by atoms with Crippen LogP contribution in [-0.2, 0) is 6.54 Å². The maximum Gasteiger partial charge on any atom is 0.0449 e. The van der Waals surface area contributed by atoms with Gasteiger partial charge in [0.05, 0.1) is 0 Å². The van der Waals surface area contributed by atoms with Gasteiger partial charge in [0.25, 0.3) is 0 Å². The molecule has 0 bridgehead atoms. The van der Waals surface area contributed by atoms with E-state index in [1.54, 1.807) is 0 Å². The zero-order valence-electron chi connectivity index (χ0n) is 12.5. The molecule has 1 aromatic heterocycles. The van der Waals surface area contributed by atoms with Crippen molar-refractivity contribution in [2.75, 3.05) is 20.6 Å². The molecule has 0 spiro atoms. The Kier molecular flexibility index (Phi) is 5.27. The van der Waals surface area contributed by atoms with Crippen molar-refractivity contribution < 1.29 is 0 Å². The Morgan fingerprint density at radius 1 is 1.20 bits per heavy atom. The molecule has 0 saturated carbocycles. The fraction of sp³-hybridized carbons (Fsp3) is 0.353. The topological polar surface area (TPSA) is 28.2 Å². The van der Waals surface area contributed by atoms with Gasteiger partial charge in [0.2, 0.25) is 0 Å². The lowest BCUT2D eigenvalue weighted by atomic mass is 10.0. The molecule has 0 aliphatic carbocycles. The van der Waals surface area contributed by atoms with Crippen molar-refractivity contribution in [1.29, 1.82) is 0 Å². The first kappa shape index (κ1) is 14.7. The van der Waals surface area contributed by atoms with Crippen molar-refractivity contribution >= 4 is 0 Å². The van der Waals surface area contributed by atoms with E-state index in [0.29, 0.717) is 6.04 Å². The first-order valence-corrected chi connectivity index (χ1v) is 7.01. The van der Waals surface area contributed by atoms with Gasteiger partial charge >= 0.3 is 0 Å². The van der Waals surface area contributed by atoms with E-state index >= 15 is 0 Å². The maximum atomic E-state index is 4.17. The van der Waals surface area contributed by atoms with Crippen molar-refractivity contribution in [2.24, 2.45) is 0 Å². The molecule has 1 N–H and O–H groups in total. The van der Waals surface area contributed by atoms with E-state index in [9.17, 15) is 0 Å². The van der Waals surface area contributed by atoms with E-state index in [2.05, 4.69) is 59.5 Å². The maximum absolute atomic E-state index is 4.17. The molecule has 0 radical (unpaired) electrons. The van der Waals surface area contributed by atoms with Gasteiger partial charge in [0.15, 0.2) is 0 Å². The van der Waals surface area contributed by atoms with Crippen molar-refractivity contribution in [3.8, 4) is 0 Å². The summed E-state index contributed by atoms with van der Waals surface area (Å²) in [6, 6.07) is 13.0. The summed E-state index contributed by atoms with van der Waals surface area (Å²) >= 11 is 0. The lowest BCUT2D eigenvalue weighted by molar-refractivity contribution is 0.289. The molecule has 1 aromatic carbocycles. The minimum absolute atomic E-state index is 0.345. The van der Waals surface area contributed by atoms with Crippen molar-refractivity contribution in [3.05, 3.63) is 65.5 Å². The number of aryl methyl sites for hydroxylation is 1. The molecule has 2 rings (SSSR count). The van der Waals surface area contributed by atoms with Crippen LogP contribution in [0.4, 0.5) is 0 Å². The SMILES string of the molecule is CNC(CN(C)Cc1cccnc1)c1ccccc1C. The number of rotatable bonds is 6. The molecule has 0 fully saturated rings. The molecule has 3 nitrogen and oxygen atoms in total. The number of nitrogens with zero attached hydrogens (tertiary/aromatic N) is 2. The fourth-order valence-electron chi connectivity index (χ4n) is 2.50. The molecule has 0 saturated heterocycles. The van der Waals surface area contributed by atoms with Gasteiger partial charge < -0.3 is 10.2 Å². The molecule has 0 amide bonds. The number of benzene rings is 1. The second-order valence-electron chi connectivity index (χ2n) is 5.26. The van der Waals surface area contributed by atoms with Crippen molar-refractivity contribution in [1.82, 2.24) is 15.2 Å². The van der Waals surface area contributed by atoms with Crippen LogP contribution in [0, 0.1) is 6.92 Å². The number of aromatic nitrogens is 1. The van der Waals surface area contributed by atoms with Gasteiger partial charge in [-0.25, -0.2) is 0 Å². The van der Waals surface area contributed by atoms with E-state index in [0.717, 1.165) is 13.1 Å². The zero-order valence-corrected chi connectivity index (χ0v) is 12.5. The quantitative estimate of drug-likeness (QED) is 0.874. The van der Waals surface area contributed by atoms with Crippen LogP contribution in [0.1, 0.15) is 22.7 Å². The smallest absolute Gasteiger partial charge is 0.0449 e. The first-order chi connectivity index (χ1) is 9.70.